The number of hydrogen-bond acceptors (Lipinski definition) is 3. The molecule has 1 amide bonds. The molecule has 1 aromatic heterocycles. The monoisotopic (exact) mass is 263 g/mol. The van der Waals surface area contributed by atoms with Gasteiger partial charge in [0, 0.05) is 6.20 Å². The van der Waals surface area contributed by atoms with Gasteiger partial charge < -0.3 is 11.1 Å². The molecule has 0 aliphatic heterocycles. The third-order valence-electron chi connectivity index (χ3n) is 2.53. The topological polar surface area (TPSA) is 68.0 Å². The Morgan fingerprint density at radius 2 is 2.05 bits per heavy atom. The average Bonchev–Trinajstić information content (AvgIpc) is 2.37. The number of carbonyl (C=O) groups excluding carboxylic acids is 1. The van der Waals surface area contributed by atoms with Crippen LogP contribution in [0.1, 0.15) is 15.9 Å². The number of anilines is 2. The smallest absolute Gasteiger partial charge is 0.258 e. The van der Waals surface area contributed by atoms with Gasteiger partial charge in [-0.15, -0.1) is 0 Å². The molecule has 3 N–H and O–H groups in total. The standard InChI is InChI=1S/C13H11F2N3O/c1-7-2-3-9(14)10(6-7)18-13(19)8-4-5-17-12(16)11(8)15/h2-6H,1H3,(H2,16,17)(H,18,19). The fourth-order valence-corrected chi connectivity index (χ4v) is 1.56. The lowest BCUT2D eigenvalue weighted by molar-refractivity contribution is 0.102. The quantitative estimate of drug-likeness (QED) is 0.874. The number of carbonyl (C=O) groups is 1. The first-order valence-corrected chi connectivity index (χ1v) is 5.46. The molecule has 0 radical (unpaired) electrons. The maximum atomic E-state index is 13.6. The number of aromatic nitrogens is 1. The van der Waals surface area contributed by atoms with Crippen molar-refractivity contribution in [3.8, 4) is 0 Å². The highest BCUT2D eigenvalue weighted by Crippen LogP contribution is 2.18. The summed E-state index contributed by atoms with van der Waals surface area (Å²) in [7, 11) is 0. The largest absolute Gasteiger partial charge is 0.381 e. The van der Waals surface area contributed by atoms with E-state index < -0.39 is 17.5 Å². The lowest BCUT2D eigenvalue weighted by atomic mass is 10.2. The van der Waals surface area contributed by atoms with Crippen LogP contribution in [-0.4, -0.2) is 10.9 Å². The molecular formula is C13H11F2N3O. The van der Waals surface area contributed by atoms with E-state index in [-0.39, 0.29) is 17.1 Å². The molecule has 0 bridgehead atoms. The van der Waals surface area contributed by atoms with E-state index in [1.165, 1.54) is 24.4 Å². The van der Waals surface area contributed by atoms with Crippen LogP contribution in [0.2, 0.25) is 0 Å². The highest BCUT2D eigenvalue weighted by Gasteiger charge is 2.16. The highest BCUT2D eigenvalue weighted by atomic mass is 19.1. The summed E-state index contributed by atoms with van der Waals surface area (Å²) in [4.78, 5) is 15.4. The van der Waals surface area contributed by atoms with Gasteiger partial charge in [-0.3, -0.25) is 4.79 Å². The van der Waals surface area contributed by atoms with Crippen LogP contribution in [0.4, 0.5) is 20.3 Å². The number of halogens is 2. The van der Waals surface area contributed by atoms with Crippen LogP contribution < -0.4 is 11.1 Å². The van der Waals surface area contributed by atoms with Crippen LogP contribution in [0, 0.1) is 18.6 Å². The normalized spacial score (nSPS) is 10.3. The predicted molar refractivity (Wildman–Crippen MR) is 67.7 cm³/mol. The summed E-state index contributed by atoms with van der Waals surface area (Å²) in [6, 6.07) is 5.42. The number of hydrogen-bond donors (Lipinski definition) is 2. The Morgan fingerprint density at radius 3 is 2.79 bits per heavy atom. The zero-order valence-electron chi connectivity index (χ0n) is 10.1. The number of amides is 1. The molecule has 0 saturated heterocycles. The average molecular weight is 263 g/mol. The zero-order chi connectivity index (χ0) is 14.0. The van der Waals surface area contributed by atoms with Gasteiger partial charge in [0.15, 0.2) is 11.6 Å². The van der Waals surface area contributed by atoms with Crippen molar-refractivity contribution in [3.05, 3.63) is 53.2 Å². The van der Waals surface area contributed by atoms with Crippen molar-refractivity contribution < 1.29 is 13.6 Å². The first-order chi connectivity index (χ1) is 8.99. The van der Waals surface area contributed by atoms with Crippen molar-refractivity contribution in [2.24, 2.45) is 0 Å². The van der Waals surface area contributed by atoms with Crippen molar-refractivity contribution in [1.29, 1.82) is 0 Å². The van der Waals surface area contributed by atoms with Crippen molar-refractivity contribution in [1.82, 2.24) is 4.98 Å². The number of benzene rings is 1. The summed E-state index contributed by atoms with van der Waals surface area (Å²) >= 11 is 0. The number of nitrogens with two attached hydrogens (primary N) is 1. The summed E-state index contributed by atoms with van der Waals surface area (Å²) in [6.45, 7) is 1.75. The summed E-state index contributed by atoms with van der Waals surface area (Å²) in [5, 5.41) is 2.30. The summed E-state index contributed by atoms with van der Waals surface area (Å²) in [5.74, 6) is -2.68. The molecule has 0 aliphatic carbocycles. The number of aryl methyl sites for hydroxylation is 1. The van der Waals surface area contributed by atoms with Gasteiger partial charge in [0.1, 0.15) is 5.82 Å². The molecule has 0 atom stereocenters. The summed E-state index contributed by atoms with van der Waals surface area (Å²) < 4.78 is 27.1. The first kappa shape index (κ1) is 12.9. The van der Waals surface area contributed by atoms with Gasteiger partial charge in [-0.05, 0) is 30.7 Å². The molecule has 0 aliphatic rings. The molecule has 4 nitrogen and oxygen atoms in total. The molecule has 0 unspecified atom stereocenters. The molecule has 98 valence electrons. The van der Waals surface area contributed by atoms with Crippen molar-refractivity contribution in [2.75, 3.05) is 11.1 Å². The maximum absolute atomic E-state index is 13.6. The van der Waals surface area contributed by atoms with Crippen LogP contribution in [-0.2, 0) is 0 Å². The van der Waals surface area contributed by atoms with Gasteiger partial charge in [-0.1, -0.05) is 6.07 Å². The molecular weight excluding hydrogens is 252 g/mol. The number of rotatable bonds is 2. The van der Waals surface area contributed by atoms with Gasteiger partial charge in [0.2, 0.25) is 0 Å². The van der Waals surface area contributed by atoms with E-state index in [9.17, 15) is 13.6 Å². The zero-order valence-corrected chi connectivity index (χ0v) is 10.1. The van der Waals surface area contributed by atoms with E-state index in [0.717, 1.165) is 5.56 Å². The lowest BCUT2D eigenvalue weighted by Gasteiger charge is -2.08. The molecule has 6 heteroatoms. The van der Waals surface area contributed by atoms with Crippen LogP contribution >= 0.6 is 0 Å². The van der Waals surface area contributed by atoms with Gasteiger partial charge in [-0.2, -0.15) is 0 Å². The van der Waals surface area contributed by atoms with Gasteiger partial charge in [0.25, 0.3) is 5.91 Å². The van der Waals surface area contributed by atoms with E-state index >= 15 is 0 Å². The Bertz CT molecular complexity index is 644. The van der Waals surface area contributed by atoms with E-state index in [4.69, 9.17) is 5.73 Å². The molecule has 0 saturated carbocycles. The minimum atomic E-state index is -0.923. The van der Waals surface area contributed by atoms with Crippen molar-refractivity contribution in [2.45, 2.75) is 6.92 Å². The van der Waals surface area contributed by atoms with Gasteiger partial charge in [-0.25, -0.2) is 13.8 Å². The van der Waals surface area contributed by atoms with Crippen molar-refractivity contribution >= 4 is 17.4 Å². The van der Waals surface area contributed by atoms with Crippen molar-refractivity contribution in [3.63, 3.8) is 0 Å². The fraction of sp³-hybridized carbons (Fsp3) is 0.0769. The second-order valence-corrected chi connectivity index (χ2v) is 4.00. The van der Waals surface area contributed by atoms with E-state index in [0.29, 0.717) is 0 Å². The van der Waals surface area contributed by atoms with E-state index in [1.807, 2.05) is 0 Å². The Labute approximate surface area is 108 Å². The van der Waals surface area contributed by atoms with E-state index in [2.05, 4.69) is 10.3 Å². The first-order valence-electron chi connectivity index (χ1n) is 5.46. The molecule has 2 rings (SSSR count). The summed E-state index contributed by atoms with van der Waals surface area (Å²) in [5.41, 5.74) is 5.74. The second-order valence-electron chi connectivity index (χ2n) is 4.00. The molecule has 0 fully saturated rings. The number of nitrogens with one attached hydrogen (secondary N) is 1. The summed E-state index contributed by atoms with van der Waals surface area (Å²) in [6.07, 6.45) is 1.21. The molecule has 1 aromatic carbocycles. The number of pyridine rings is 1. The van der Waals surface area contributed by atoms with Crippen LogP contribution in [0.15, 0.2) is 30.5 Å². The number of nitrogens with zero attached hydrogens (tertiary/aromatic N) is 1. The van der Waals surface area contributed by atoms with E-state index in [1.54, 1.807) is 13.0 Å². The van der Waals surface area contributed by atoms with Gasteiger partial charge >= 0.3 is 0 Å². The fourth-order valence-electron chi connectivity index (χ4n) is 1.56. The van der Waals surface area contributed by atoms with Gasteiger partial charge in [0.05, 0.1) is 11.3 Å². The maximum Gasteiger partial charge on any atom is 0.258 e. The second kappa shape index (κ2) is 5.01. The SMILES string of the molecule is Cc1ccc(F)c(NC(=O)c2ccnc(N)c2F)c1. The minimum absolute atomic E-state index is 0.0141. The van der Waals surface area contributed by atoms with Crippen LogP contribution in [0.3, 0.4) is 0 Å². The lowest BCUT2D eigenvalue weighted by Crippen LogP contribution is -2.16. The third kappa shape index (κ3) is 2.67. The Morgan fingerprint density at radius 1 is 1.32 bits per heavy atom. The predicted octanol–water partition coefficient (Wildman–Crippen LogP) is 2.50. The Kier molecular flexibility index (Phi) is 3.41. The minimum Gasteiger partial charge on any atom is -0.381 e. The van der Waals surface area contributed by atoms with Crippen LogP contribution in [0.5, 0.6) is 0 Å². The Hall–Kier alpha value is -2.50. The Balaban J connectivity index is 2.31. The number of nitrogen functional groups attached to an aromatic ring is 1. The molecule has 2 aromatic rings. The third-order valence-corrected chi connectivity index (χ3v) is 2.53. The highest BCUT2D eigenvalue weighted by molar-refractivity contribution is 6.04. The molecule has 19 heavy (non-hydrogen) atoms. The van der Waals surface area contributed by atoms with Crippen LogP contribution in [0.25, 0.3) is 0 Å². The molecule has 1 heterocycles. The molecule has 0 spiro atoms.